The van der Waals surface area contributed by atoms with Gasteiger partial charge < -0.3 is 15.1 Å². The van der Waals surface area contributed by atoms with Crippen molar-refractivity contribution in [1.82, 2.24) is 0 Å². The van der Waals surface area contributed by atoms with Crippen molar-refractivity contribution in [2.75, 3.05) is 0 Å². The average molecular weight is 136 g/mol. The summed E-state index contributed by atoms with van der Waals surface area (Å²) in [6.07, 6.45) is 0. The minimum absolute atomic E-state index is 0. The molecule has 0 N–H and O–H groups in total. The minimum atomic E-state index is -2.92. The van der Waals surface area contributed by atoms with Gasteiger partial charge in [-0.15, -0.1) is 0 Å². The van der Waals surface area contributed by atoms with Crippen LogP contribution in [0.5, 0.6) is 0 Å². The van der Waals surface area contributed by atoms with E-state index in [2.05, 4.69) is 0 Å². The first-order valence-electron chi connectivity index (χ1n) is 0.707. The Balaban J connectivity index is -0.00000000750. The molecule has 0 saturated heterocycles. The van der Waals surface area contributed by atoms with E-state index in [1.54, 1.807) is 0 Å². The van der Waals surface area contributed by atoms with Crippen LogP contribution in [-0.2, 0) is 0 Å². The quantitative estimate of drug-likeness (QED) is 0.310. The Kier molecular flexibility index (Phi) is 84.0. The molecule has 0 radical (unpaired) electrons. The predicted octanol–water partition coefficient (Wildman–Crippen LogP) is -13.6. The predicted molar refractivity (Wildman–Crippen MR) is 12.9 cm³/mol. The molecule has 0 aromatic heterocycles. The van der Waals surface area contributed by atoms with Crippen molar-refractivity contribution in [3.05, 3.63) is 0 Å². The molecule has 0 aromatic carbocycles. The van der Waals surface area contributed by atoms with Gasteiger partial charge in [-0.1, -0.05) is 0 Å². The second-order valence-electron chi connectivity index (χ2n) is 0.289. The summed E-state index contributed by atoms with van der Waals surface area (Å²) in [6.45, 7) is 0. The van der Waals surface area contributed by atoms with Gasteiger partial charge in [0.05, 0.1) is 0 Å². The molecule has 0 unspecified atom stereocenters. The molecule has 0 rings (SSSR count). The van der Waals surface area contributed by atoms with Gasteiger partial charge in [0, 0.05) is 0 Å². The number of hydrogen-bond acceptors (Lipinski definition) is 3. The molecule has 0 spiro atoms. The topological polar surface area (TPSA) is 69.2 Å². The smallest absolute Gasteiger partial charge is 0.907 e. The van der Waals surface area contributed by atoms with Gasteiger partial charge in [-0.3, -0.25) is 7.32 Å². The van der Waals surface area contributed by atoms with Crippen molar-refractivity contribution >= 4 is 26.2 Å². The van der Waals surface area contributed by atoms with Gasteiger partial charge in [0.2, 0.25) is 0 Å². The van der Waals surface area contributed by atoms with Gasteiger partial charge >= 0.3 is 108 Å². The van der Waals surface area contributed by atoms with Crippen LogP contribution in [0.1, 0.15) is 0 Å². The van der Waals surface area contributed by atoms with Crippen LogP contribution in [0.4, 0.5) is 0 Å². The average Bonchev–Trinajstić information content (AvgIpc) is 0.811. The molecule has 8 heavy (non-hydrogen) atoms. The summed E-state index contributed by atoms with van der Waals surface area (Å²) >= 11 is 0. The first-order valence-corrected chi connectivity index (χ1v) is 0.707. The molecule has 0 fully saturated rings. The van der Waals surface area contributed by atoms with E-state index in [0.717, 1.165) is 0 Å². The van der Waals surface area contributed by atoms with E-state index in [-0.39, 0.29) is 108 Å². The Bertz CT molecular complexity index is 19.2. The largest absolute Gasteiger partial charge is 1.00 e. The molecule has 8 heteroatoms. The Hall–Kier alpha value is 3.54. The standard InChI is InChI=1S/BO3.Li.3Na.H/c2-1(3)4;;;;;/q-3;;3*+1;. The summed E-state index contributed by atoms with van der Waals surface area (Å²) in [5, 5.41) is 25.2. The van der Waals surface area contributed by atoms with Crippen LogP contribution in [-0.4, -0.2) is 26.2 Å². The SMILES string of the molecule is [LiH].[Na+].[Na+].[Na+].[O-]B([O-])[O-]. The van der Waals surface area contributed by atoms with Gasteiger partial charge in [-0.05, 0) is 0 Å². The van der Waals surface area contributed by atoms with Gasteiger partial charge in [0.1, 0.15) is 0 Å². The van der Waals surface area contributed by atoms with Crippen LogP contribution >= 0.6 is 0 Å². The van der Waals surface area contributed by atoms with Crippen molar-refractivity contribution in [3.8, 4) is 0 Å². The summed E-state index contributed by atoms with van der Waals surface area (Å²) in [6, 6.07) is 0. The normalized spacial score (nSPS) is 3.38. The Labute approximate surface area is 127 Å². The molecule has 0 aromatic rings. The molecule has 0 atom stereocenters. The molecule has 0 amide bonds. The van der Waals surface area contributed by atoms with Crippen LogP contribution in [0.3, 0.4) is 0 Å². The molecule has 0 aliphatic heterocycles. The van der Waals surface area contributed by atoms with Crippen LogP contribution < -0.4 is 104 Å². The van der Waals surface area contributed by atoms with Crippen molar-refractivity contribution < 1.29 is 104 Å². The maximum absolute atomic E-state index is 8.42. The summed E-state index contributed by atoms with van der Waals surface area (Å²) in [7, 11) is -2.92. The van der Waals surface area contributed by atoms with Gasteiger partial charge in [-0.2, -0.15) is 0 Å². The van der Waals surface area contributed by atoms with E-state index in [4.69, 9.17) is 15.1 Å². The molecule has 26 valence electrons. The van der Waals surface area contributed by atoms with Crippen molar-refractivity contribution in [2.24, 2.45) is 0 Å². The number of hydrogen-bond donors (Lipinski definition) is 0. The van der Waals surface area contributed by atoms with Crippen molar-refractivity contribution in [3.63, 3.8) is 0 Å². The third-order valence-corrected chi connectivity index (χ3v) is 0. The Morgan fingerprint density at radius 1 is 0.750 bits per heavy atom. The first kappa shape index (κ1) is 30.0. The monoisotopic (exact) mass is 136 g/mol. The third-order valence-electron chi connectivity index (χ3n) is 0. The fourth-order valence-electron chi connectivity index (χ4n) is 0. The van der Waals surface area contributed by atoms with E-state index in [1.807, 2.05) is 0 Å². The van der Waals surface area contributed by atoms with E-state index in [1.165, 1.54) is 0 Å². The van der Waals surface area contributed by atoms with Crippen LogP contribution in [0.25, 0.3) is 0 Å². The minimum Gasteiger partial charge on any atom is -0.907 e. The summed E-state index contributed by atoms with van der Waals surface area (Å²) < 4.78 is 0. The fourth-order valence-corrected chi connectivity index (χ4v) is 0. The Morgan fingerprint density at radius 2 is 0.750 bits per heavy atom. The van der Waals surface area contributed by atoms with Crippen molar-refractivity contribution in [2.45, 2.75) is 0 Å². The van der Waals surface area contributed by atoms with Crippen LogP contribution in [0.2, 0.25) is 0 Å². The van der Waals surface area contributed by atoms with E-state index in [0.29, 0.717) is 0 Å². The first-order chi connectivity index (χ1) is 1.73. The second kappa shape index (κ2) is 22.4. The van der Waals surface area contributed by atoms with E-state index in [9.17, 15) is 0 Å². The zero-order chi connectivity index (χ0) is 3.58. The fraction of sp³-hybridized carbons (Fsp3) is 0. The molecule has 0 aliphatic rings. The van der Waals surface area contributed by atoms with Gasteiger partial charge in [-0.25, -0.2) is 0 Å². The summed E-state index contributed by atoms with van der Waals surface area (Å²) in [5.41, 5.74) is 0. The maximum Gasteiger partial charge on any atom is 1.00 e. The molecule has 0 aliphatic carbocycles. The summed E-state index contributed by atoms with van der Waals surface area (Å²) in [5.74, 6) is 0. The van der Waals surface area contributed by atoms with Crippen LogP contribution in [0.15, 0.2) is 0 Å². The molecule has 0 bridgehead atoms. The van der Waals surface area contributed by atoms with Crippen LogP contribution in [0, 0.1) is 0 Å². The molecular formula is HBLiNa3O3. The zero-order valence-corrected chi connectivity index (χ0v) is 10.8. The van der Waals surface area contributed by atoms with E-state index < -0.39 is 7.32 Å². The molecule has 0 saturated carbocycles. The second-order valence-corrected chi connectivity index (χ2v) is 0.289. The molecule has 3 nitrogen and oxygen atoms in total. The summed E-state index contributed by atoms with van der Waals surface area (Å²) in [4.78, 5) is 0. The maximum atomic E-state index is 8.42. The van der Waals surface area contributed by atoms with Gasteiger partial charge in [0.15, 0.2) is 0 Å². The Morgan fingerprint density at radius 3 is 0.750 bits per heavy atom. The zero-order valence-electron chi connectivity index (χ0n) is 4.80. The van der Waals surface area contributed by atoms with Crippen molar-refractivity contribution in [1.29, 1.82) is 0 Å². The molecular weight excluding hydrogens is 135 g/mol. The van der Waals surface area contributed by atoms with Gasteiger partial charge in [0.25, 0.3) is 0 Å². The molecule has 0 heterocycles. The van der Waals surface area contributed by atoms with E-state index >= 15 is 0 Å². The number of rotatable bonds is 0. The third kappa shape index (κ3) is 55.5.